The van der Waals surface area contributed by atoms with Gasteiger partial charge in [0.25, 0.3) is 0 Å². The minimum atomic E-state index is -1.68. The normalized spacial score (nSPS) is 12.2. The van der Waals surface area contributed by atoms with Crippen molar-refractivity contribution in [3.05, 3.63) is 65.5 Å². The number of hydrogen-bond acceptors (Lipinski definition) is 2. The summed E-state index contributed by atoms with van der Waals surface area (Å²) in [7, 11) is 0. The second-order valence-electron chi connectivity index (χ2n) is 7.45. The molecule has 2 aromatic rings. The standard InChI is InChI=1S/C21H24F3N3O2/c1-13(11-21(2,3)14-7-5-4-6-8-14)26-20(29)25-12-17(28)27-16-10-9-15(22)18(23)19(16)24/h4-10,13H,11-12H2,1-3H3,(H,27,28)(H2,25,26,29). The molecule has 1 unspecified atom stereocenters. The Labute approximate surface area is 167 Å². The number of urea groups is 1. The van der Waals surface area contributed by atoms with Crippen molar-refractivity contribution in [1.29, 1.82) is 0 Å². The molecule has 0 fully saturated rings. The van der Waals surface area contributed by atoms with Gasteiger partial charge in [-0.15, -0.1) is 0 Å². The van der Waals surface area contributed by atoms with Crippen molar-refractivity contribution in [3.8, 4) is 0 Å². The number of hydrogen-bond donors (Lipinski definition) is 3. The van der Waals surface area contributed by atoms with E-state index < -0.39 is 41.6 Å². The third-order valence-corrected chi connectivity index (χ3v) is 4.47. The highest BCUT2D eigenvalue weighted by Crippen LogP contribution is 2.28. The molecule has 0 aromatic heterocycles. The van der Waals surface area contributed by atoms with Gasteiger partial charge in [0.2, 0.25) is 5.91 Å². The van der Waals surface area contributed by atoms with E-state index in [1.165, 1.54) is 0 Å². The van der Waals surface area contributed by atoms with Gasteiger partial charge in [0, 0.05) is 6.04 Å². The molecule has 0 saturated carbocycles. The van der Waals surface area contributed by atoms with E-state index in [4.69, 9.17) is 0 Å². The SMILES string of the molecule is CC(CC(C)(C)c1ccccc1)NC(=O)NCC(=O)Nc1ccc(F)c(F)c1F. The zero-order valence-electron chi connectivity index (χ0n) is 16.5. The lowest BCUT2D eigenvalue weighted by Crippen LogP contribution is -2.45. The first-order valence-electron chi connectivity index (χ1n) is 9.13. The topological polar surface area (TPSA) is 70.2 Å². The monoisotopic (exact) mass is 407 g/mol. The number of amides is 3. The van der Waals surface area contributed by atoms with E-state index in [2.05, 4.69) is 29.8 Å². The highest BCUT2D eigenvalue weighted by atomic mass is 19.2. The van der Waals surface area contributed by atoms with Gasteiger partial charge in [-0.05, 0) is 36.5 Å². The van der Waals surface area contributed by atoms with Crippen LogP contribution >= 0.6 is 0 Å². The van der Waals surface area contributed by atoms with E-state index >= 15 is 0 Å². The van der Waals surface area contributed by atoms with Crippen molar-refractivity contribution in [3.63, 3.8) is 0 Å². The molecule has 2 aromatic carbocycles. The Balaban J connectivity index is 1.82. The van der Waals surface area contributed by atoms with Gasteiger partial charge in [-0.3, -0.25) is 4.79 Å². The minimum Gasteiger partial charge on any atom is -0.336 e. The molecule has 0 aliphatic carbocycles. The summed E-state index contributed by atoms with van der Waals surface area (Å²) >= 11 is 0. The quantitative estimate of drug-likeness (QED) is 0.605. The first kappa shape index (κ1) is 22.3. The lowest BCUT2D eigenvalue weighted by molar-refractivity contribution is -0.115. The van der Waals surface area contributed by atoms with Crippen LogP contribution in [-0.4, -0.2) is 24.5 Å². The molecule has 5 nitrogen and oxygen atoms in total. The first-order valence-corrected chi connectivity index (χ1v) is 9.13. The summed E-state index contributed by atoms with van der Waals surface area (Å²) in [6.07, 6.45) is 0.663. The fourth-order valence-corrected chi connectivity index (χ4v) is 3.08. The van der Waals surface area contributed by atoms with Gasteiger partial charge in [0.15, 0.2) is 17.5 Å². The number of carbonyl (C=O) groups excluding carboxylic acids is 2. The molecule has 0 aliphatic heterocycles. The maximum Gasteiger partial charge on any atom is 0.315 e. The summed E-state index contributed by atoms with van der Waals surface area (Å²) in [5, 5.41) is 7.18. The largest absolute Gasteiger partial charge is 0.336 e. The Hall–Kier alpha value is -3.03. The maximum atomic E-state index is 13.6. The highest BCUT2D eigenvalue weighted by molar-refractivity contribution is 5.94. The summed E-state index contributed by atoms with van der Waals surface area (Å²) < 4.78 is 39.6. The van der Waals surface area contributed by atoms with Crippen molar-refractivity contribution < 1.29 is 22.8 Å². The predicted molar refractivity (Wildman–Crippen MR) is 105 cm³/mol. The zero-order valence-corrected chi connectivity index (χ0v) is 16.5. The second kappa shape index (κ2) is 9.45. The first-order chi connectivity index (χ1) is 13.6. The van der Waals surface area contributed by atoms with Crippen LogP contribution in [0.25, 0.3) is 0 Å². The van der Waals surface area contributed by atoms with Gasteiger partial charge < -0.3 is 16.0 Å². The number of carbonyl (C=O) groups is 2. The van der Waals surface area contributed by atoms with Crippen LogP contribution in [0.1, 0.15) is 32.8 Å². The molecule has 1 atom stereocenters. The molecular weight excluding hydrogens is 383 g/mol. The van der Waals surface area contributed by atoms with E-state index in [1.807, 2.05) is 37.3 Å². The van der Waals surface area contributed by atoms with Crippen molar-refractivity contribution in [2.45, 2.75) is 38.6 Å². The Morgan fingerprint density at radius 2 is 1.66 bits per heavy atom. The molecule has 0 radical (unpaired) electrons. The van der Waals surface area contributed by atoms with Gasteiger partial charge in [0.05, 0.1) is 12.2 Å². The summed E-state index contributed by atoms with van der Waals surface area (Å²) in [6, 6.07) is 10.7. The van der Waals surface area contributed by atoms with E-state index in [-0.39, 0.29) is 11.5 Å². The van der Waals surface area contributed by atoms with E-state index in [0.29, 0.717) is 12.5 Å². The van der Waals surface area contributed by atoms with E-state index in [1.54, 1.807) is 0 Å². The van der Waals surface area contributed by atoms with Crippen LogP contribution in [0.5, 0.6) is 0 Å². The van der Waals surface area contributed by atoms with Crippen molar-refractivity contribution >= 4 is 17.6 Å². The number of nitrogens with one attached hydrogen (secondary N) is 3. The van der Waals surface area contributed by atoms with Gasteiger partial charge in [-0.2, -0.15) is 0 Å². The molecule has 3 amide bonds. The molecule has 0 aliphatic rings. The van der Waals surface area contributed by atoms with Crippen LogP contribution in [0.2, 0.25) is 0 Å². The van der Waals surface area contributed by atoms with Gasteiger partial charge in [-0.1, -0.05) is 44.2 Å². The van der Waals surface area contributed by atoms with Crippen LogP contribution in [0.3, 0.4) is 0 Å². The molecular formula is C21H24F3N3O2. The van der Waals surface area contributed by atoms with E-state index in [0.717, 1.165) is 11.6 Å². The van der Waals surface area contributed by atoms with E-state index in [9.17, 15) is 22.8 Å². The van der Waals surface area contributed by atoms with Gasteiger partial charge >= 0.3 is 6.03 Å². The Morgan fingerprint density at radius 1 is 1.00 bits per heavy atom. The van der Waals surface area contributed by atoms with Crippen LogP contribution in [0, 0.1) is 17.5 Å². The summed E-state index contributed by atoms with van der Waals surface area (Å²) in [4.78, 5) is 23.8. The summed E-state index contributed by atoms with van der Waals surface area (Å²) in [5.41, 5.74) is 0.464. The number of anilines is 1. The van der Waals surface area contributed by atoms with Crippen LogP contribution < -0.4 is 16.0 Å². The number of halogens is 3. The molecule has 156 valence electrons. The van der Waals surface area contributed by atoms with Gasteiger partial charge in [-0.25, -0.2) is 18.0 Å². The van der Waals surface area contributed by atoms with Crippen molar-refractivity contribution in [2.75, 3.05) is 11.9 Å². The van der Waals surface area contributed by atoms with Crippen LogP contribution in [-0.2, 0) is 10.2 Å². The number of benzene rings is 2. The Bertz CT molecular complexity index is 873. The average Bonchev–Trinajstić information content (AvgIpc) is 2.67. The Morgan fingerprint density at radius 3 is 2.31 bits per heavy atom. The van der Waals surface area contributed by atoms with Crippen LogP contribution in [0.4, 0.5) is 23.7 Å². The molecule has 0 saturated heterocycles. The molecule has 8 heteroatoms. The number of rotatable bonds is 7. The average molecular weight is 407 g/mol. The molecule has 0 spiro atoms. The summed E-state index contributed by atoms with van der Waals surface area (Å²) in [6.45, 7) is 5.53. The molecule has 3 N–H and O–H groups in total. The fourth-order valence-electron chi connectivity index (χ4n) is 3.08. The lowest BCUT2D eigenvalue weighted by Gasteiger charge is -2.29. The Kier molecular flexibility index (Phi) is 7.25. The molecule has 0 heterocycles. The van der Waals surface area contributed by atoms with Gasteiger partial charge in [0.1, 0.15) is 0 Å². The third-order valence-electron chi connectivity index (χ3n) is 4.47. The smallest absolute Gasteiger partial charge is 0.315 e. The zero-order chi connectivity index (χ0) is 21.6. The predicted octanol–water partition coefficient (Wildman–Crippen LogP) is 4.10. The minimum absolute atomic E-state index is 0.171. The maximum absolute atomic E-state index is 13.6. The summed E-state index contributed by atoms with van der Waals surface area (Å²) in [5.74, 6) is -5.31. The third kappa shape index (κ3) is 6.23. The molecule has 2 rings (SSSR count). The molecule has 29 heavy (non-hydrogen) atoms. The van der Waals surface area contributed by atoms with Crippen molar-refractivity contribution in [1.82, 2.24) is 10.6 Å². The van der Waals surface area contributed by atoms with Crippen molar-refractivity contribution in [2.24, 2.45) is 0 Å². The fraction of sp³-hybridized carbons (Fsp3) is 0.333. The highest BCUT2D eigenvalue weighted by Gasteiger charge is 2.24. The van der Waals surface area contributed by atoms with Crippen LogP contribution in [0.15, 0.2) is 42.5 Å². The molecule has 0 bridgehead atoms. The second-order valence-corrected chi connectivity index (χ2v) is 7.45. The lowest BCUT2D eigenvalue weighted by atomic mass is 9.79.